The van der Waals surface area contributed by atoms with E-state index < -0.39 is 33.8 Å². The Hall–Kier alpha value is -3.11. The van der Waals surface area contributed by atoms with E-state index in [0.29, 0.717) is 29.2 Å². The maximum Gasteiger partial charge on any atom is 0.259 e. The second kappa shape index (κ2) is 9.17. The van der Waals surface area contributed by atoms with E-state index >= 15 is 0 Å². The van der Waals surface area contributed by atoms with Crippen LogP contribution in [0.3, 0.4) is 0 Å². The second-order valence-electron chi connectivity index (χ2n) is 7.49. The highest BCUT2D eigenvalue weighted by Crippen LogP contribution is 2.43. The van der Waals surface area contributed by atoms with Gasteiger partial charge in [0.1, 0.15) is 9.84 Å². The quantitative estimate of drug-likeness (QED) is 0.617. The summed E-state index contributed by atoms with van der Waals surface area (Å²) >= 11 is 0. The summed E-state index contributed by atoms with van der Waals surface area (Å²) in [5.41, 5.74) is 1.14. The molecule has 0 spiro atoms. The normalized spacial score (nSPS) is 16.5. The molecular formula is C22H26N2O7S. The average molecular weight is 463 g/mol. The second-order valence-corrected chi connectivity index (χ2v) is 9.67. The lowest BCUT2D eigenvalue weighted by molar-refractivity contribution is -0.114. The summed E-state index contributed by atoms with van der Waals surface area (Å²) in [6.45, 7) is 3.47. The molecule has 32 heavy (non-hydrogen) atoms. The molecule has 0 aliphatic carbocycles. The molecule has 1 unspecified atom stereocenters. The Kier molecular flexibility index (Phi) is 6.75. The van der Waals surface area contributed by atoms with E-state index in [2.05, 4.69) is 5.32 Å². The van der Waals surface area contributed by atoms with Crippen LogP contribution in [0.5, 0.6) is 11.5 Å². The molecule has 2 aromatic carbocycles. The highest BCUT2D eigenvalue weighted by Gasteiger charge is 2.43. The molecule has 1 aliphatic rings. The smallest absolute Gasteiger partial charge is 0.259 e. The van der Waals surface area contributed by atoms with Crippen molar-refractivity contribution in [3.63, 3.8) is 0 Å². The summed E-state index contributed by atoms with van der Waals surface area (Å²) in [6.07, 6.45) is -0.328. The highest BCUT2D eigenvalue weighted by atomic mass is 32.2. The van der Waals surface area contributed by atoms with Crippen LogP contribution in [-0.4, -0.2) is 56.0 Å². The molecule has 0 radical (unpaired) electrons. The van der Waals surface area contributed by atoms with E-state index in [0.717, 1.165) is 11.2 Å². The number of fused-ring (bicyclic) bond motifs is 1. The van der Waals surface area contributed by atoms with Gasteiger partial charge in [0.2, 0.25) is 5.91 Å². The fourth-order valence-corrected chi connectivity index (χ4v) is 4.74. The molecule has 3 rings (SSSR count). The zero-order valence-corrected chi connectivity index (χ0v) is 19.1. The summed E-state index contributed by atoms with van der Waals surface area (Å²) in [5.74, 6) is -0.526. The minimum absolute atomic E-state index is 0.132. The number of ether oxygens (including phenoxy) is 2. The number of aliphatic hydroxyl groups excluding tert-OH is 1. The van der Waals surface area contributed by atoms with Crippen molar-refractivity contribution in [1.29, 1.82) is 0 Å². The molecule has 2 aromatic rings. The molecule has 172 valence electrons. The Labute approximate surface area is 186 Å². The summed E-state index contributed by atoms with van der Waals surface area (Å²) in [7, 11) is -2.07. The zero-order valence-electron chi connectivity index (χ0n) is 18.3. The van der Waals surface area contributed by atoms with Crippen molar-refractivity contribution < 1.29 is 32.6 Å². The molecule has 2 N–H and O–H groups in total. The van der Waals surface area contributed by atoms with Gasteiger partial charge in [0.25, 0.3) is 5.91 Å². The number of aliphatic hydroxyl groups is 1. The van der Waals surface area contributed by atoms with E-state index in [4.69, 9.17) is 9.47 Å². The Morgan fingerprint density at radius 1 is 1.25 bits per heavy atom. The predicted octanol–water partition coefficient (Wildman–Crippen LogP) is 2.28. The largest absolute Gasteiger partial charge is 0.493 e. The molecule has 10 heteroatoms. The van der Waals surface area contributed by atoms with Crippen LogP contribution in [0.25, 0.3) is 0 Å². The third kappa shape index (κ3) is 4.71. The number of carbonyl (C=O) groups is 2. The Balaban J connectivity index is 2.12. The van der Waals surface area contributed by atoms with Gasteiger partial charge in [-0.15, -0.1) is 0 Å². The first-order valence-corrected chi connectivity index (χ1v) is 12.0. The lowest BCUT2D eigenvalue weighted by Crippen LogP contribution is -2.36. The lowest BCUT2D eigenvalue weighted by atomic mass is 10.1. The summed E-state index contributed by atoms with van der Waals surface area (Å²) < 4.78 is 35.4. The number of benzene rings is 2. The van der Waals surface area contributed by atoms with E-state index in [1.165, 1.54) is 14.0 Å². The minimum atomic E-state index is -3.56. The first-order chi connectivity index (χ1) is 15.1. The molecule has 0 saturated carbocycles. The average Bonchev–Trinajstić information content (AvgIpc) is 2.96. The lowest BCUT2D eigenvalue weighted by Gasteiger charge is -2.31. The molecule has 0 aromatic heterocycles. The standard InChI is InChI=1S/C22H26N2O7S/c1-5-31-19-11-14(9-10-18(19)30-3)17(12-32(4,28)29)24-21(26)15-7-6-8-16(23-13(2)25)20(15)22(24)27/h6-11,17,21,26H,5,12H2,1-4H3,(H,23,25)/t17-,21?/m1/s1. The number of nitrogens with one attached hydrogen (secondary N) is 1. The monoisotopic (exact) mass is 462 g/mol. The number of carbonyl (C=O) groups excluding carboxylic acids is 2. The number of hydrogen-bond acceptors (Lipinski definition) is 7. The molecule has 0 saturated heterocycles. The number of anilines is 1. The summed E-state index contributed by atoms with van der Waals surface area (Å²) in [6, 6.07) is 8.59. The van der Waals surface area contributed by atoms with Crippen LogP contribution in [0.2, 0.25) is 0 Å². The van der Waals surface area contributed by atoms with Crippen molar-refractivity contribution in [2.24, 2.45) is 0 Å². The number of hydrogen-bond donors (Lipinski definition) is 2. The van der Waals surface area contributed by atoms with Gasteiger partial charge in [-0.3, -0.25) is 9.59 Å². The van der Waals surface area contributed by atoms with Crippen LogP contribution in [0.15, 0.2) is 36.4 Å². The number of sulfone groups is 1. The number of nitrogens with zero attached hydrogens (tertiary/aromatic N) is 1. The van der Waals surface area contributed by atoms with Crippen LogP contribution < -0.4 is 14.8 Å². The van der Waals surface area contributed by atoms with E-state index in [9.17, 15) is 23.1 Å². The molecule has 0 fully saturated rings. The molecule has 1 aliphatic heterocycles. The van der Waals surface area contributed by atoms with Crippen molar-refractivity contribution in [2.75, 3.05) is 31.0 Å². The SMILES string of the molecule is CCOc1cc([C@@H](CS(C)(=O)=O)N2C(=O)c3c(NC(C)=O)cccc3C2O)ccc1OC. The van der Waals surface area contributed by atoms with Gasteiger partial charge in [0.05, 0.1) is 36.8 Å². The molecule has 1 heterocycles. The van der Waals surface area contributed by atoms with Crippen LogP contribution in [0.4, 0.5) is 5.69 Å². The van der Waals surface area contributed by atoms with Gasteiger partial charge in [0, 0.05) is 18.7 Å². The van der Waals surface area contributed by atoms with E-state index in [1.54, 1.807) is 43.3 Å². The first-order valence-electron chi connectivity index (χ1n) is 9.97. The van der Waals surface area contributed by atoms with Crippen molar-refractivity contribution >= 4 is 27.3 Å². The third-order valence-electron chi connectivity index (χ3n) is 5.07. The van der Waals surface area contributed by atoms with Gasteiger partial charge >= 0.3 is 0 Å². The molecule has 9 nitrogen and oxygen atoms in total. The van der Waals surface area contributed by atoms with Gasteiger partial charge < -0.3 is 24.8 Å². The molecular weight excluding hydrogens is 436 g/mol. The maximum atomic E-state index is 13.4. The Bertz CT molecular complexity index is 1150. The topological polar surface area (TPSA) is 122 Å². The van der Waals surface area contributed by atoms with E-state index in [-0.39, 0.29) is 17.2 Å². The van der Waals surface area contributed by atoms with Crippen LogP contribution in [0.1, 0.15) is 47.6 Å². The predicted molar refractivity (Wildman–Crippen MR) is 118 cm³/mol. The van der Waals surface area contributed by atoms with Crippen LogP contribution in [-0.2, 0) is 14.6 Å². The van der Waals surface area contributed by atoms with Gasteiger partial charge in [-0.2, -0.15) is 0 Å². The molecule has 0 bridgehead atoms. The van der Waals surface area contributed by atoms with Crippen molar-refractivity contribution in [3.05, 3.63) is 53.1 Å². The van der Waals surface area contributed by atoms with Gasteiger partial charge in [-0.25, -0.2) is 8.42 Å². The number of rotatable bonds is 8. The number of amides is 2. The van der Waals surface area contributed by atoms with Crippen molar-refractivity contribution in [3.8, 4) is 11.5 Å². The Morgan fingerprint density at radius 3 is 2.56 bits per heavy atom. The zero-order chi connectivity index (χ0) is 23.6. The van der Waals surface area contributed by atoms with Crippen molar-refractivity contribution in [1.82, 2.24) is 4.90 Å². The maximum absolute atomic E-state index is 13.4. The van der Waals surface area contributed by atoms with Gasteiger partial charge in [-0.1, -0.05) is 18.2 Å². The molecule has 2 amide bonds. The van der Waals surface area contributed by atoms with Crippen LogP contribution in [0, 0.1) is 0 Å². The fourth-order valence-electron chi connectivity index (χ4n) is 3.81. The number of methoxy groups -OCH3 is 1. The Morgan fingerprint density at radius 2 is 1.97 bits per heavy atom. The van der Waals surface area contributed by atoms with Crippen molar-refractivity contribution in [2.45, 2.75) is 26.1 Å². The minimum Gasteiger partial charge on any atom is -0.493 e. The fraction of sp³-hybridized carbons (Fsp3) is 0.364. The highest BCUT2D eigenvalue weighted by molar-refractivity contribution is 7.90. The summed E-state index contributed by atoms with van der Waals surface area (Å²) in [4.78, 5) is 26.1. The van der Waals surface area contributed by atoms with Gasteiger partial charge in [0.15, 0.2) is 17.7 Å². The van der Waals surface area contributed by atoms with Crippen LogP contribution >= 0.6 is 0 Å². The third-order valence-corrected chi connectivity index (χ3v) is 5.99. The summed E-state index contributed by atoms with van der Waals surface area (Å²) in [5, 5.41) is 13.6. The van der Waals surface area contributed by atoms with E-state index in [1.807, 2.05) is 0 Å². The first kappa shape index (κ1) is 23.6. The molecule has 2 atom stereocenters. The van der Waals surface area contributed by atoms with Gasteiger partial charge in [-0.05, 0) is 30.7 Å².